The average molecular weight is 442 g/mol. The summed E-state index contributed by atoms with van der Waals surface area (Å²) in [4.78, 5) is 16.1. The minimum absolute atomic E-state index is 0.0662. The van der Waals surface area contributed by atoms with Gasteiger partial charge in [0.1, 0.15) is 0 Å². The van der Waals surface area contributed by atoms with E-state index in [9.17, 15) is 13.2 Å². The van der Waals surface area contributed by atoms with Gasteiger partial charge in [-0.15, -0.1) is 11.3 Å². The third kappa shape index (κ3) is 5.20. The predicted octanol–water partition coefficient (Wildman–Crippen LogP) is 4.43. The van der Waals surface area contributed by atoms with Crippen LogP contribution in [0.1, 0.15) is 5.56 Å². The van der Waals surface area contributed by atoms with Gasteiger partial charge in [0.2, 0.25) is 5.91 Å². The van der Waals surface area contributed by atoms with Crippen molar-refractivity contribution in [1.82, 2.24) is 4.98 Å². The zero-order valence-corrected chi connectivity index (χ0v) is 16.8. The molecule has 2 N–H and O–H groups in total. The number of hydrogen-bond acceptors (Lipinski definition) is 5. The first kappa shape index (κ1) is 19.6. The molecular formula is C17H13Cl2N3O3S2. The fourth-order valence-corrected chi connectivity index (χ4v) is 4.47. The van der Waals surface area contributed by atoms with Crippen LogP contribution in [0.25, 0.3) is 0 Å². The van der Waals surface area contributed by atoms with Gasteiger partial charge in [-0.2, -0.15) is 0 Å². The van der Waals surface area contributed by atoms with E-state index in [1.165, 1.54) is 41.8 Å². The van der Waals surface area contributed by atoms with Crippen molar-refractivity contribution >= 4 is 61.3 Å². The molecule has 0 spiro atoms. The molecule has 0 unspecified atom stereocenters. The second kappa shape index (κ2) is 8.26. The van der Waals surface area contributed by atoms with Crippen LogP contribution in [-0.4, -0.2) is 19.3 Å². The van der Waals surface area contributed by atoms with Gasteiger partial charge in [-0.1, -0.05) is 29.3 Å². The summed E-state index contributed by atoms with van der Waals surface area (Å²) in [6.07, 6.45) is 1.58. The summed E-state index contributed by atoms with van der Waals surface area (Å²) in [6, 6.07) is 10.7. The molecule has 0 bridgehead atoms. The number of carbonyl (C=O) groups excluding carboxylic acids is 1. The highest BCUT2D eigenvalue weighted by Crippen LogP contribution is 2.22. The van der Waals surface area contributed by atoms with E-state index in [4.69, 9.17) is 23.2 Å². The number of sulfonamides is 1. The maximum atomic E-state index is 12.3. The van der Waals surface area contributed by atoms with Gasteiger partial charge in [0.25, 0.3) is 10.0 Å². The number of aromatic nitrogens is 1. The fourth-order valence-electron chi connectivity index (χ4n) is 2.21. The Labute approximate surface area is 170 Å². The van der Waals surface area contributed by atoms with Gasteiger partial charge in [-0.25, -0.2) is 13.4 Å². The lowest BCUT2D eigenvalue weighted by Crippen LogP contribution is -2.15. The van der Waals surface area contributed by atoms with E-state index in [1.807, 2.05) is 0 Å². The van der Waals surface area contributed by atoms with E-state index < -0.39 is 10.0 Å². The monoisotopic (exact) mass is 441 g/mol. The molecule has 0 atom stereocenters. The number of halogens is 2. The first-order valence-corrected chi connectivity index (χ1v) is 10.7. The van der Waals surface area contributed by atoms with Gasteiger partial charge in [-0.05, 0) is 42.0 Å². The van der Waals surface area contributed by atoms with E-state index in [-0.39, 0.29) is 22.4 Å². The summed E-state index contributed by atoms with van der Waals surface area (Å²) in [5.41, 5.74) is 1.11. The lowest BCUT2D eigenvalue weighted by molar-refractivity contribution is -0.115. The van der Waals surface area contributed by atoms with Crippen molar-refractivity contribution in [2.24, 2.45) is 0 Å². The zero-order valence-electron chi connectivity index (χ0n) is 13.6. The number of rotatable bonds is 6. The van der Waals surface area contributed by atoms with Crippen molar-refractivity contribution in [1.29, 1.82) is 0 Å². The maximum absolute atomic E-state index is 12.3. The molecule has 27 heavy (non-hydrogen) atoms. The lowest BCUT2D eigenvalue weighted by atomic mass is 10.1. The molecule has 140 valence electrons. The molecule has 0 aliphatic carbocycles. The molecule has 0 aliphatic rings. The van der Waals surface area contributed by atoms with Crippen molar-refractivity contribution in [2.75, 3.05) is 10.0 Å². The second-order valence-electron chi connectivity index (χ2n) is 5.43. The molecule has 0 saturated heterocycles. The number of benzene rings is 2. The van der Waals surface area contributed by atoms with Crippen molar-refractivity contribution in [3.8, 4) is 0 Å². The number of amides is 1. The Balaban J connectivity index is 1.65. The molecular weight excluding hydrogens is 429 g/mol. The first-order chi connectivity index (χ1) is 12.8. The van der Waals surface area contributed by atoms with E-state index in [2.05, 4.69) is 15.0 Å². The third-order valence-electron chi connectivity index (χ3n) is 3.47. The highest BCUT2D eigenvalue weighted by atomic mass is 35.5. The number of nitrogens with zero attached hydrogens (tertiary/aromatic N) is 1. The Morgan fingerprint density at radius 1 is 1.11 bits per heavy atom. The minimum Gasteiger partial charge on any atom is -0.326 e. The van der Waals surface area contributed by atoms with Crippen LogP contribution in [-0.2, 0) is 21.2 Å². The Bertz CT molecular complexity index is 1050. The first-order valence-electron chi connectivity index (χ1n) is 7.60. The average Bonchev–Trinajstić information content (AvgIpc) is 3.10. The van der Waals surface area contributed by atoms with Crippen molar-refractivity contribution in [2.45, 2.75) is 11.3 Å². The molecule has 1 heterocycles. The Morgan fingerprint density at radius 2 is 1.85 bits per heavy atom. The molecule has 0 radical (unpaired) electrons. The summed E-state index contributed by atoms with van der Waals surface area (Å²) in [6.45, 7) is 0. The van der Waals surface area contributed by atoms with Gasteiger partial charge in [0.15, 0.2) is 5.13 Å². The molecule has 6 nitrogen and oxygen atoms in total. The van der Waals surface area contributed by atoms with Crippen LogP contribution in [0.4, 0.5) is 10.8 Å². The summed E-state index contributed by atoms with van der Waals surface area (Å²) in [5, 5.41) is 5.56. The van der Waals surface area contributed by atoms with Gasteiger partial charge in [-0.3, -0.25) is 9.52 Å². The van der Waals surface area contributed by atoms with Crippen LogP contribution in [0.3, 0.4) is 0 Å². The van der Waals surface area contributed by atoms with Crippen LogP contribution in [0.5, 0.6) is 0 Å². The largest absolute Gasteiger partial charge is 0.326 e. The van der Waals surface area contributed by atoms with Crippen LogP contribution in [0.15, 0.2) is 58.9 Å². The van der Waals surface area contributed by atoms with E-state index in [1.54, 1.807) is 23.6 Å². The van der Waals surface area contributed by atoms with Crippen molar-refractivity contribution in [3.05, 3.63) is 69.7 Å². The SMILES string of the molecule is O=C(Cc1ccc(Cl)cc1Cl)Nc1ccc(S(=O)(=O)Nc2nccs2)cc1. The van der Waals surface area contributed by atoms with Crippen LogP contribution < -0.4 is 10.0 Å². The Hall–Kier alpha value is -2.13. The van der Waals surface area contributed by atoms with Gasteiger partial charge in [0.05, 0.1) is 11.3 Å². The maximum Gasteiger partial charge on any atom is 0.263 e. The number of thiazole rings is 1. The van der Waals surface area contributed by atoms with Crippen molar-refractivity contribution < 1.29 is 13.2 Å². The lowest BCUT2D eigenvalue weighted by Gasteiger charge is -2.09. The van der Waals surface area contributed by atoms with Crippen molar-refractivity contribution in [3.63, 3.8) is 0 Å². The standard InChI is InChI=1S/C17H13Cl2N3O3S2/c18-12-2-1-11(15(19)10-12)9-16(23)21-13-3-5-14(6-4-13)27(24,25)22-17-20-7-8-26-17/h1-8,10H,9H2,(H,20,22)(H,21,23). The van der Waals surface area contributed by atoms with Crippen LogP contribution in [0.2, 0.25) is 10.0 Å². The van der Waals surface area contributed by atoms with E-state index in [0.29, 0.717) is 21.3 Å². The normalized spacial score (nSPS) is 11.2. The quantitative estimate of drug-likeness (QED) is 0.591. The Morgan fingerprint density at radius 3 is 2.48 bits per heavy atom. The molecule has 1 aromatic heterocycles. The molecule has 10 heteroatoms. The molecule has 1 amide bonds. The smallest absolute Gasteiger partial charge is 0.263 e. The topological polar surface area (TPSA) is 88.2 Å². The highest BCUT2D eigenvalue weighted by Gasteiger charge is 2.15. The van der Waals surface area contributed by atoms with Crippen LogP contribution in [0, 0.1) is 0 Å². The molecule has 0 saturated carbocycles. The molecule has 0 fully saturated rings. The summed E-state index contributed by atoms with van der Waals surface area (Å²) in [5.74, 6) is -0.282. The minimum atomic E-state index is -3.73. The zero-order chi connectivity index (χ0) is 19.4. The Kier molecular flexibility index (Phi) is 6.01. The molecule has 2 aromatic carbocycles. The third-order valence-corrected chi connectivity index (χ3v) is 6.23. The fraction of sp³-hybridized carbons (Fsp3) is 0.0588. The van der Waals surface area contributed by atoms with E-state index >= 15 is 0 Å². The predicted molar refractivity (Wildman–Crippen MR) is 108 cm³/mol. The number of carbonyl (C=O) groups is 1. The van der Waals surface area contributed by atoms with Gasteiger partial charge >= 0.3 is 0 Å². The number of hydrogen-bond donors (Lipinski definition) is 2. The number of anilines is 2. The highest BCUT2D eigenvalue weighted by molar-refractivity contribution is 7.93. The van der Waals surface area contributed by atoms with E-state index in [0.717, 1.165) is 0 Å². The van der Waals surface area contributed by atoms with Gasteiger partial charge < -0.3 is 5.32 Å². The van der Waals surface area contributed by atoms with Gasteiger partial charge in [0, 0.05) is 27.3 Å². The van der Waals surface area contributed by atoms with Crippen LogP contribution >= 0.6 is 34.5 Å². The summed E-state index contributed by atoms with van der Waals surface area (Å²) >= 11 is 13.1. The summed E-state index contributed by atoms with van der Waals surface area (Å²) in [7, 11) is -3.73. The molecule has 3 aromatic rings. The number of nitrogens with one attached hydrogen (secondary N) is 2. The second-order valence-corrected chi connectivity index (χ2v) is 8.85. The molecule has 3 rings (SSSR count). The molecule has 0 aliphatic heterocycles. The summed E-state index contributed by atoms with van der Waals surface area (Å²) < 4.78 is 26.9.